The summed E-state index contributed by atoms with van der Waals surface area (Å²) in [6.45, 7) is 0.410. The van der Waals surface area contributed by atoms with E-state index in [1.165, 1.54) is 24.8 Å². The molecular weight excluding hydrogens is 302 g/mol. The first-order valence-corrected chi connectivity index (χ1v) is 8.90. The Morgan fingerprint density at radius 3 is 2.75 bits per heavy atom. The number of nitrogens with zero attached hydrogens (tertiary/aromatic N) is 4. The first-order valence-electron chi connectivity index (χ1n) is 8.90. The number of rotatable bonds is 7. The molecule has 1 amide bonds. The quantitative estimate of drug-likeness (QED) is 0.849. The first kappa shape index (κ1) is 16.6. The predicted octanol–water partition coefficient (Wildman–Crippen LogP) is 2.82. The summed E-state index contributed by atoms with van der Waals surface area (Å²) in [5, 5.41) is 14.9. The molecule has 1 N–H and O–H groups in total. The zero-order valence-corrected chi connectivity index (χ0v) is 14.0. The van der Waals surface area contributed by atoms with Crippen LogP contribution in [0.2, 0.25) is 0 Å². The fourth-order valence-corrected chi connectivity index (χ4v) is 3.30. The van der Waals surface area contributed by atoms with Gasteiger partial charge in [0, 0.05) is 6.42 Å². The van der Waals surface area contributed by atoms with Gasteiger partial charge in [0.25, 0.3) is 0 Å². The Balaban J connectivity index is 1.42. The van der Waals surface area contributed by atoms with Gasteiger partial charge >= 0.3 is 0 Å². The molecular formula is C18H25N5O. The molecule has 1 heterocycles. The lowest BCUT2D eigenvalue weighted by molar-refractivity contribution is -0.121. The van der Waals surface area contributed by atoms with Crippen LogP contribution in [0.5, 0.6) is 0 Å². The minimum Gasteiger partial charge on any atom is -0.349 e. The number of hydrogen-bond donors (Lipinski definition) is 1. The van der Waals surface area contributed by atoms with Gasteiger partial charge in [-0.05, 0) is 41.7 Å². The second-order valence-corrected chi connectivity index (χ2v) is 6.45. The van der Waals surface area contributed by atoms with Crippen molar-refractivity contribution in [1.29, 1.82) is 0 Å². The number of amides is 1. The van der Waals surface area contributed by atoms with Gasteiger partial charge in [-0.1, -0.05) is 49.6 Å². The maximum Gasteiger partial charge on any atom is 0.220 e. The van der Waals surface area contributed by atoms with E-state index in [0.717, 1.165) is 31.5 Å². The van der Waals surface area contributed by atoms with Crippen molar-refractivity contribution in [2.24, 2.45) is 0 Å². The third-order valence-electron chi connectivity index (χ3n) is 4.64. The average molecular weight is 327 g/mol. The number of tetrazole rings is 1. The molecule has 0 atom stereocenters. The number of aryl methyl sites for hydroxylation is 1. The van der Waals surface area contributed by atoms with Crippen LogP contribution in [-0.4, -0.2) is 26.1 Å². The Morgan fingerprint density at radius 1 is 1.17 bits per heavy atom. The van der Waals surface area contributed by atoms with Gasteiger partial charge in [-0.15, -0.1) is 5.10 Å². The molecule has 1 aliphatic rings. The van der Waals surface area contributed by atoms with Gasteiger partial charge in [-0.25, -0.2) is 4.68 Å². The van der Waals surface area contributed by atoms with Gasteiger partial charge in [0.05, 0.1) is 12.6 Å². The van der Waals surface area contributed by atoms with Gasteiger partial charge in [0.1, 0.15) is 0 Å². The lowest BCUT2D eigenvalue weighted by Gasteiger charge is -2.22. The lowest BCUT2D eigenvalue weighted by atomic mass is 9.95. The van der Waals surface area contributed by atoms with Crippen LogP contribution in [0.15, 0.2) is 30.3 Å². The second-order valence-electron chi connectivity index (χ2n) is 6.45. The molecule has 3 rings (SSSR count). The highest BCUT2D eigenvalue weighted by molar-refractivity contribution is 5.75. The van der Waals surface area contributed by atoms with Gasteiger partial charge < -0.3 is 5.32 Å². The van der Waals surface area contributed by atoms with Crippen molar-refractivity contribution in [3.8, 4) is 0 Å². The first-order chi connectivity index (χ1) is 11.8. The Labute approximate surface area is 142 Å². The summed E-state index contributed by atoms with van der Waals surface area (Å²) < 4.78 is 1.91. The topological polar surface area (TPSA) is 72.7 Å². The maximum absolute atomic E-state index is 12.0. The summed E-state index contributed by atoms with van der Waals surface area (Å²) in [6, 6.07) is 10.6. The van der Waals surface area contributed by atoms with E-state index in [-0.39, 0.29) is 5.91 Å². The van der Waals surface area contributed by atoms with Crippen LogP contribution in [0, 0.1) is 0 Å². The van der Waals surface area contributed by atoms with Crippen molar-refractivity contribution in [2.45, 2.75) is 64.0 Å². The van der Waals surface area contributed by atoms with E-state index < -0.39 is 0 Å². The van der Waals surface area contributed by atoms with E-state index in [1.807, 2.05) is 22.9 Å². The van der Waals surface area contributed by atoms with Crippen molar-refractivity contribution < 1.29 is 4.79 Å². The van der Waals surface area contributed by atoms with Crippen molar-refractivity contribution in [1.82, 2.24) is 25.5 Å². The van der Waals surface area contributed by atoms with Crippen molar-refractivity contribution in [3.05, 3.63) is 41.7 Å². The highest BCUT2D eigenvalue weighted by atomic mass is 16.1. The average Bonchev–Trinajstić information content (AvgIpc) is 3.10. The third-order valence-corrected chi connectivity index (χ3v) is 4.64. The van der Waals surface area contributed by atoms with E-state index >= 15 is 0 Å². The van der Waals surface area contributed by atoms with Crippen molar-refractivity contribution in [3.63, 3.8) is 0 Å². The number of aromatic nitrogens is 4. The van der Waals surface area contributed by atoms with E-state index in [1.54, 1.807) is 0 Å². The number of carbonyl (C=O) groups is 1. The fourth-order valence-electron chi connectivity index (χ4n) is 3.30. The molecule has 2 aromatic rings. The van der Waals surface area contributed by atoms with Crippen LogP contribution < -0.4 is 5.32 Å². The smallest absolute Gasteiger partial charge is 0.220 e. The molecule has 0 saturated heterocycles. The summed E-state index contributed by atoms with van der Waals surface area (Å²) in [5.74, 6) is 0.822. The SMILES string of the molecule is O=C(CCCc1ccccc1)NCc1nnnn1C1CCCCC1. The van der Waals surface area contributed by atoms with Crippen LogP contribution in [0.25, 0.3) is 0 Å². The highest BCUT2D eigenvalue weighted by Gasteiger charge is 2.20. The molecule has 0 aliphatic heterocycles. The van der Waals surface area contributed by atoms with Gasteiger partial charge in [0.15, 0.2) is 5.82 Å². The summed E-state index contributed by atoms with van der Waals surface area (Å²) in [5.41, 5.74) is 1.27. The molecule has 1 fully saturated rings. The number of hydrogen-bond acceptors (Lipinski definition) is 4. The highest BCUT2D eigenvalue weighted by Crippen LogP contribution is 2.27. The summed E-state index contributed by atoms with van der Waals surface area (Å²) in [7, 11) is 0. The third kappa shape index (κ3) is 4.63. The molecule has 1 aromatic carbocycles. The van der Waals surface area contributed by atoms with Crippen LogP contribution in [-0.2, 0) is 17.8 Å². The Hall–Kier alpha value is -2.24. The normalized spacial score (nSPS) is 15.3. The van der Waals surface area contributed by atoms with E-state index in [4.69, 9.17) is 0 Å². The standard InChI is InChI=1S/C18H25N5O/c24-18(13-7-10-15-8-3-1-4-9-15)19-14-17-20-21-22-23(17)16-11-5-2-6-12-16/h1,3-4,8-9,16H,2,5-7,10-14H2,(H,19,24). The predicted molar refractivity (Wildman–Crippen MR) is 91.2 cm³/mol. The lowest BCUT2D eigenvalue weighted by Crippen LogP contribution is -2.26. The molecule has 1 aliphatic carbocycles. The second kappa shape index (κ2) is 8.57. The van der Waals surface area contributed by atoms with E-state index in [2.05, 4.69) is 33.0 Å². The Bertz CT molecular complexity index is 634. The zero-order chi connectivity index (χ0) is 16.6. The molecule has 1 saturated carbocycles. The van der Waals surface area contributed by atoms with Gasteiger partial charge in [-0.3, -0.25) is 4.79 Å². The minimum atomic E-state index is 0.0594. The molecule has 1 aromatic heterocycles. The molecule has 128 valence electrons. The van der Waals surface area contributed by atoms with E-state index in [9.17, 15) is 4.79 Å². The van der Waals surface area contributed by atoms with E-state index in [0.29, 0.717) is 19.0 Å². The minimum absolute atomic E-state index is 0.0594. The molecule has 0 radical (unpaired) electrons. The zero-order valence-electron chi connectivity index (χ0n) is 14.0. The van der Waals surface area contributed by atoms with Gasteiger partial charge in [-0.2, -0.15) is 0 Å². The van der Waals surface area contributed by atoms with Crippen LogP contribution in [0.1, 0.15) is 62.4 Å². The number of carbonyl (C=O) groups excluding carboxylic acids is 1. The van der Waals surface area contributed by atoms with Crippen LogP contribution in [0.4, 0.5) is 0 Å². The molecule has 6 heteroatoms. The number of nitrogens with one attached hydrogen (secondary N) is 1. The van der Waals surface area contributed by atoms with Gasteiger partial charge in [0.2, 0.25) is 5.91 Å². The van der Waals surface area contributed by atoms with Crippen LogP contribution >= 0.6 is 0 Å². The molecule has 0 spiro atoms. The Morgan fingerprint density at radius 2 is 1.96 bits per heavy atom. The largest absolute Gasteiger partial charge is 0.349 e. The Kier molecular flexibility index (Phi) is 5.93. The number of benzene rings is 1. The molecule has 0 unspecified atom stereocenters. The summed E-state index contributed by atoms with van der Waals surface area (Å²) >= 11 is 0. The summed E-state index contributed by atoms with van der Waals surface area (Å²) in [4.78, 5) is 12.0. The monoisotopic (exact) mass is 327 g/mol. The van der Waals surface area contributed by atoms with Crippen molar-refractivity contribution >= 4 is 5.91 Å². The molecule has 0 bridgehead atoms. The summed E-state index contributed by atoms with van der Waals surface area (Å²) in [6.07, 6.45) is 8.32. The van der Waals surface area contributed by atoms with Crippen molar-refractivity contribution in [2.75, 3.05) is 0 Å². The molecule has 24 heavy (non-hydrogen) atoms. The molecule has 6 nitrogen and oxygen atoms in total. The fraction of sp³-hybridized carbons (Fsp3) is 0.556. The van der Waals surface area contributed by atoms with Crippen LogP contribution in [0.3, 0.4) is 0 Å². The maximum atomic E-state index is 12.0.